The maximum absolute atomic E-state index is 11.5. The number of urea groups is 1. The number of carbonyl (C=O) groups is 2. The molecule has 110 valence electrons. The molecule has 1 aliphatic rings. The van der Waals surface area contributed by atoms with Crippen molar-refractivity contribution in [3.8, 4) is 0 Å². The summed E-state index contributed by atoms with van der Waals surface area (Å²) in [6, 6.07) is -0.339. The Morgan fingerprint density at radius 3 is 2.68 bits per heavy atom. The Hall–Kier alpha value is -1.34. The molecule has 0 aromatic carbocycles. The first-order chi connectivity index (χ1) is 9.11. The van der Waals surface area contributed by atoms with Crippen molar-refractivity contribution >= 4 is 12.0 Å². The topological polar surface area (TPSA) is 79.9 Å². The van der Waals surface area contributed by atoms with Crippen molar-refractivity contribution in [1.82, 2.24) is 15.5 Å². The van der Waals surface area contributed by atoms with Gasteiger partial charge in [-0.1, -0.05) is 0 Å². The van der Waals surface area contributed by atoms with Crippen LogP contribution in [-0.4, -0.2) is 68.9 Å². The Balaban J connectivity index is 2.14. The lowest BCUT2D eigenvalue weighted by Gasteiger charge is -2.29. The van der Waals surface area contributed by atoms with Crippen molar-refractivity contribution in [2.24, 2.45) is 0 Å². The number of rotatable bonds is 6. The van der Waals surface area contributed by atoms with E-state index in [2.05, 4.69) is 15.5 Å². The second kappa shape index (κ2) is 8.71. The van der Waals surface area contributed by atoms with Gasteiger partial charge in [0.05, 0.1) is 19.8 Å². The number of hydrogen-bond acceptors (Lipinski definition) is 5. The third-order valence-corrected chi connectivity index (χ3v) is 2.71. The van der Waals surface area contributed by atoms with Gasteiger partial charge in [0.25, 0.3) is 0 Å². The van der Waals surface area contributed by atoms with Crippen LogP contribution in [0.1, 0.15) is 13.8 Å². The van der Waals surface area contributed by atoms with E-state index in [1.807, 2.05) is 6.92 Å². The summed E-state index contributed by atoms with van der Waals surface area (Å²) in [5.41, 5.74) is 0. The second-order valence-corrected chi connectivity index (χ2v) is 4.45. The maximum atomic E-state index is 11.5. The minimum absolute atomic E-state index is 0.0142. The number of morpholine rings is 1. The average molecular weight is 273 g/mol. The van der Waals surface area contributed by atoms with Crippen molar-refractivity contribution < 1.29 is 19.1 Å². The van der Waals surface area contributed by atoms with Gasteiger partial charge in [0.15, 0.2) is 0 Å². The van der Waals surface area contributed by atoms with E-state index in [-0.39, 0.29) is 18.6 Å². The molecule has 0 aliphatic carbocycles. The maximum Gasteiger partial charge on any atom is 0.325 e. The first kappa shape index (κ1) is 15.7. The predicted octanol–water partition coefficient (Wildman–Crippen LogP) is -0.431. The molecule has 2 amide bonds. The van der Waals surface area contributed by atoms with E-state index in [1.54, 1.807) is 6.92 Å². The molecule has 0 radical (unpaired) electrons. The fourth-order valence-corrected chi connectivity index (χ4v) is 1.86. The monoisotopic (exact) mass is 273 g/mol. The lowest BCUT2D eigenvalue weighted by molar-refractivity contribution is -0.141. The molecule has 1 heterocycles. The van der Waals surface area contributed by atoms with E-state index in [4.69, 9.17) is 9.47 Å². The van der Waals surface area contributed by atoms with Gasteiger partial charge < -0.3 is 20.1 Å². The molecule has 1 rings (SSSR count). The number of nitrogens with one attached hydrogen (secondary N) is 2. The zero-order valence-corrected chi connectivity index (χ0v) is 11.6. The summed E-state index contributed by atoms with van der Waals surface area (Å²) in [7, 11) is 0. The van der Waals surface area contributed by atoms with E-state index in [9.17, 15) is 9.59 Å². The molecular weight excluding hydrogens is 250 g/mol. The van der Waals surface area contributed by atoms with Crippen LogP contribution in [0.2, 0.25) is 0 Å². The molecule has 0 saturated carbocycles. The van der Waals surface area contributed by atoms with Crippen LogP contribution in [-0.2, 0) is 14.3 Å². The molecule has 7 nitrogen and oxygen atoms in total. The molecular formula is C12H23N3O4. The van der Waals surface area contributed by atoms with Crippen LogP contribution >= 0.6 is 0 Å². The normalized spacial score (nSPS) is 17.6. The van der Waals surface area contributed by atoms with E-state index in [1.165, 1.54) is 0 Å². The molecule has 7 heteroatoms. The average Bonchev–Trinajstić information content (AvgIpc) is 2.38. The summed E-state index contributed by atoms with van der Waals surface area (Å²) < 4.78 is 9.97. The second-order valence-electron chi connectivity index (χ2n) is 4.45. The van der Waals surface area contributed by atoms with Crippen LogP contribution in [0.15, 0.2) is 0 Å². The first-order valence-electron chi connectivity index (χ1n) is 6.62. The number of carbonyl (C=O) groups excluding carboxylic acids is 2. The molecule has 1 atom stereocenters. The minimum Gasteiger partial charge on any atom is -0.465 e. The first-order valence-corrected chi connectivity index (χ1v) is 6.62. The third-order valence-electron chi connectivity index (χ3n) is 2.71. The summed E-state index contributed by atoms with van der Waals surface area (Å²) in [6.45, 7) is 7.88. The minimum atomic E-state index is -0.432. The summed E-state index contributed by atoms with van der Waals surface area (Å²) in [4.78, 5) is 24.8. The van der Waals surface area contributed by atoms with Crippen molar-refractivity contribution in [2.45, 2.75) is 19.9 Å². The number of ether oxygens (including phenoxy) is 2. The summed E-state index contributed by atoms with van der Waals surface area (Å²) in [5, 5.41) is 5.25. The van der Waals surface area contributed by atoms with E-state index in [0.717, 1.165) is 32.8 Å². The molecule has 1 unspecified atom stereocenters. The van der Waals surface area contributed by atoms with Gasteiger partial charge in [-0.05, 0) is 13.8 Å². The Morgan fingerprint density at radius 2 is 2.05 bits per heavy atom. The van der Waals surface area contributed by atoms with Crippen LogP contribution in [0.3, 0.4) is 0 Å². The van der Waals surface area contributed by atoms with Crippen LogP contribution in [0.4, 0.5) is 4.79 Å². The van der Waals surface area contributed by atoms with Gasteiger partial charge in [-0.2, -0.15) is 0 Å². The highest BCUT2D eigenvalue weighted by Gasteiger charge is 2.15. The standard InChI is InChI=1S/C12H23N3O4/c1-3-19-11(16)8-13-12(17)14-10(2)9-15-4-6-18-7-5-15/h10H,3-9H2,1-2H3,(H2,13,14,17). The van der Waals surface area contributed by atoms with Crippen LogP contribution in [0.25, 0.3) is 0 Å². The molecule has 1 saturated heterocycles. The highest BCUT2D eigenvalue weighted by atomic mass is 16.5. The number of hydrogen-bond donors (Lipinski definition) is 2. The quantitative estimate of drug-likeness (QED) is 0.642. The third kappa shape index (κ3) is 6.97. The molecule has 1 aliphatic heterocycles. The molecule has 0 aromatic heterocycles. The molecule has 2 N–H and O–H groups in total. The molecule has 1 fully saturated rings. The van der Waals surface area contributed by atoms with E-state index < -0.39 is 5.97 Å². The van der Waals surface area contributed by atoms with E-state index in [0.29, 0.717) is 6.61 Å². The lowest BCUT2D eigenvalue weighted by atomic mass is 10.3. The van der Waals surface area contributed by atoms with Crippen LogP contribution < -0.4 is 10.6 Å². The molecule has 0 aromatic rings. The fourth-order valence-electron chi connectivity index (χ4n) is 1.86. The zero-order valence-electron chi connectivity index (χ0n) is 11.6. The molecule has 0 bridgehead atoms. The Kier molecular flexibility index (Phi) is 7.20. The van der Waals surface area contributed by atoms with Crippen molar-refractivity contribution in [1.29, 1.82) is 0 Å². The van der Waals surface area contributed by atoms with E-state index >= 15 is 0 Å². The van der Waals surface area contributed by atoms with Gasteiger partial charge in [-0.3, -0.25) is 9.69 Å². The Morgan fingerprint density at radius 1 is 1.37 bits per heavy atom. The summed E-state index contributed by atoms with van der Waals surface area (Å²) in [6.07, 6.45) is 0. The SMILES string of the molecule is CCOC(=O)CNC(=O)NC(C)CN1CCOCC1. The number of amides is 2. The van der Waals surface area contributed by atoms with Gasteiger partial charge in [0.2, 0.25) is 0 Å². The Labute approximate surface area is 113 Å². The lowest BCUT2D eigenvalue weighted by Crippen LogP contribution is -2.49. The van der Waals surface area contributed by atoms with Crippen LogP contribution in [0, 0.1) is 0 Å². The van der Waals surface area contributed by atoms with Gasteiger partial charge in [0.1, 0.15) is 6.54 Å². The smallest absolute Gasteiger partial charge is 0.325 e. The number of esters is 1. The van der Waals surface area contributed by atoms with Crippen molar-refractivity contribution in [3.63, 3.8) is 0 Å². The Bertz CT molecular complexity index is 293. The van der Waals surface area contributed by atoms with Gasteiger partial charge in [-0.15, -0.1) is 0 Å². The highest BCUT2D eigenvalue weighted by Crippen LogP contribution is 1.98. The predicted molar refractivity (Wildman–Crippen MR) is 69.9 cm³/mol. The van der Waals surface area contributed by atoms with Gasteiger partial charge in [-0.25, -0.2) is 4.79 Å². The summed E-state index contributed by atoms with van der Waals surface area (Å²) >= 11 is 0. The zero-order chi connectivity index (χ0) is 14.1. The van der Waals surface area contributed by atoms with Gasteiger partial charge >= 0.3 is 12.0 Å². The summed E-state index contributed by atoms with van der Waals surface area (Å²) in [5.74, 6) is -0.432. The van der Waals surface area contributed by atoms with Crippen molar-refractivity contribution in [2.75, 3.05) is 46.0 Å². The van der Waals surface area contributed by atoms with Crippen molar-refractivity contribution in [3.05, 3.63) is 0 Å². The highest BCUT2D eigenvalue weighted by molar-refractivity contribution is 5.80. The van der Waals surface area contributed by atoms with Gasteiger partial charge in [0, 0.05) is 25.7 Å². The largest absolute Gasteiger partial charge is 0.465 e. The van der Waals surface area contributed by atoms with Crippen LogP contribution in [0.5, 0.6) is 0 Å². The molecule has 19 heavy (non-hydrogen) atoms. The number of nitrogens with zero attached hydrogens (tertiary/aromatic N) is 1. The molecule has 0 spiro atoms. The fraction of sp³-hybridized carbons (Fsp3) is 0.833.